The Morgan fingerprint density at radius 2 is 1.68 bits per heavy atom. The quantitative estimate of drug-likeness (QED) is 0.463. The molecule has 2 fully saturated rings. The van der Waals surface area contributed by atoms with Crippen LogP contribution in [-0.2, 0) is 29.1 Å². The number of likely N-dealkylation sites (tertiary alicyclic amines) is 1. The van der Waals surface area contributed by atoms with Gasteiger partial charge in [0, 0.05) is 50.3 Å². The molecule has 3 atom stereocenters. The van der Waals surface area contributed by atoms with Gasteiger partial charge >= 0.3 is 6.03 Å². The summed E-state index contributed by atoms with van der Waals surface area (Å²) in [6, 6.07) is 21.3. The first-order valence-corrected chi connectivity index (χ1v) is 13.6. The number of hydrogen-bond donors (Lipinski definition) is 1. The molecule has 4 amide bonds. The molecule has 2 saturated heterocycles. The van der Waals surface area contributed by atoms with Crippen molar-refractivity contribution in [3.8, 4) is 5.75 Å². The number of carbonyl (C=O) groups excluding carboxylic acids is 3. The van der Waals surface area contributed by atoms with E-state index in [4.69, 9.17) is 4.74 Å². The van der Waals surface area contributed by atoms with E-state index in [0.29, 0.717) is 25.4 Å². The van der Waals surface area contributed by atoms with Crippen LogP contribution in [0, 0.1) is 11.3 Å². The molecule has 0 radical (unpaired) electrons. The molecule has 3 aliphatic rings. The summed E-state index contributed by atoms with van der Waals surface area (Å²) in [4.78, 5) is 57.0. The highest BCUT2D eigenvalue weighted by Crippen LogP contribution is 2.39. The molecule has 0 aliphatic carbocycles. The molecule has 0 saturated carbocycles. The predicted octanol–water partition coefficient (Wildman–Crippen LogP) is 2.78. The van der Waals surface area contributed by atoms with Crippen molar-refractivity contribution in [1.29, 1.82) is 0 Å². The van der Waals surface area contributed by atoms with Gasteiger partial charge < -0.3 is 14.2 Å². The number of nitrogens with zero attached hydrogens (tertiary/aromatic N) is 3. The van der Waals surface area contributed by atoms with Crippen molar-refractivity contribution in [3.05, 3.63) is 100.0 Å². The van der Waals surface area contributed by atoms with E-state index >= 15 is 0 Å². The average molecular weight is 541 g/mol. The summed E-state index contributed by atoms with van der Waals surface area (Å²) in [5, 5.41) is 2.51. The first-order valence-electron chi connectivity index (χ1n) is 13.6. The number of fused-ring (bicyclic) bond motifs is 4. The fourth-order valence-electron chi connectivity index (χ4n) is 6.67. The third-order valence-corrected chi connectivity index (χ3v) is 8.47. The minimum atomic E-state index is -1.54. The number of para-hydroxylation sites is 1. The van der Waals surface area contributed by atoms with Crippen LogP contribution in [0.1, 0.15) is 29.2 Å². The molecule has 0 spiro atoms. The number of urea groups is 1. The number of rotatable bonds is 7. The van der Waals surface area contributed by atoms with E-state index in [1.54, 1.807) is 25.3 Å². The van der Waals surface area contributed by atoms with Gasteiger partial charge in [-0.05, 0) is 35.6 Å². The Morgan fingerprint density at radius 3 is 2.48 bits per heavy atom. The first-order chi connectivity index (χ1) is 19.4. The van der Waals surface area contributed by atoms with Crippen LogP contribution in [0.4, 0.5) is 4.79 Å². The van der Waals surface area contributed by atoms with Gasteiger partial charge in [0.1, 0.15) is 11.2 Å². The van der Waals surface area contributed by atoms with Crippen LogP contribution >= 0.6 is 0 Å². The second kappa shape index (κ2) is 10.4. The zero-order chi connectivity index (χ0) is 27.9. The standard InChI is InChI=1S/C31H32N4O5/c1-40-26-12-6-5-10-23(26)15-31(28(37)32-30(39)35(29(31)38)17-21-8-3-2-4-9-21)20-33-16-22-14-24(19-33)25-11-7-13-27(36)34(25)18-22/h2-13,22,24H,14-20H2,1H3,(H,32,37,39)/t22-,24-,31-/m0/s1. The molecule has 206 valence electrons. The lowest BCUT2D eigenvalue weighted by Crippen LogP contribution is -2.67. The Bertz CT molecular complexity index is 1520. The maximum absolute atomic E-state index is 14.4. The molecule has 1 N–H and O–H groups in total. The summed E-state index contributed by atoms with van der Waals surface area (Å²) in [6.07, 6.45) is 1.04. The number of nitrogens with one attached hydrogen (secondary N) is 1. The van der Waals surface area contributed by atoms with E-state index in [1.165, 1.54) is 0 Å². The van der Waals surface area contributed by atoms with Crippen molar-refractivity contribution in [3.63, 3.8) is 0 Å². The van der Waals surface area contributed by atoms with Crippen molar-refractivity contribution in [2.75, 3.05) is 26.7 Å². The average Bonchev–Trinajstić information content (AvgIpc) is 2.95. The SMILES string of the molecule is COc1ccccc1C[C@]1(CN2C[C@@H]3C[C@@H](C2)c2cccc(=O)n2C3)C(=O)NC(=O)N(Cc2ccccc2)C1=O. The van der Waals surface area contributed by atoms with Crippen LogP contribution in [0.2, 0.25) is 0 Å². The van der Waals surface area contributed by atoms with Crippen LogP contribution in [-0.4, -0.2) is 59.0 Å². The van der Waals surface area contributed by atoms with Crippen LogP contribution in [0.25, 0.3) is 0 Å². The topological polar surface area (TPSA) is 101 Å². The number of barbiturate groups is 1. The van der Waals surface area contributed by atoms with E-state index in [0.717, 1.165) is 28.1 Å². The second-order valence-electron chi connectivity index (χ2n) is 11.1. The zero-order valence-electron chi connectivity index (χ0n) is 22.4. The summed E-state index contributed by atoms with van der Waals surface area (Å²) in [5.74, 6) is -0.182. The van der Waals surface area contributed by atoms with Gasteiger partial charge in [0.25, 0.3) is 5.56 Å². The molecule has 2 aromatic carbocycles. The van der Waals surface area contributed by atoms with Gasteiger partial charge in [-0.1, -0.05) is 54.6 Å². The molecule has 4 heterocycles. The van der Waals surface area contributed by atoms with E-state index in [1.807, 2.05) is 59.2 Å². The number of amides is 4. The third-order valence-electron chi connectivity index (χ3n) is 8.47. The van der Waals surface area contributed by atoms with Crippen molar-refractivity contribution in [2.45, 2.75) is 31.8 Å². The van der Waals surface area contributed by atoms with Crippen molar-refractivity contribution >= 4 is 17.8 Å². The van der Waals surface area contributed by atoms with Crippen LogP contribution in [0.5, 0.6) is 5.75 Å². The predicted molar refractivity (Wildman–Crippen MR) is 148 cm³/mol. The second-order valence-corrected chi connectivity index (χ2v) is 11.1. The number of pyridine rings is 1. The lowest BCUT2D eigenvalue weighted by atomic mass is 9.75. The van der Waals surface area contributed by atoms with Gasteiger partial charge in [-0.2, -0.15) is 0 Å². The number of ether oxygens (including phenoxy) is 1. The number of benzene rings is 2. The normalized spacial score (nSPS) is 24.4. The molecule has 3 aliphatic heterocycles. The molecule has 0 unspecified atom stereocenters. The number of aromatic nitrogens is 1. The van der Waals surface area contributed by atoms with Gasteiger partial charge in [-0.3, -0.25) is 24.6 Å². The third kappa shape index (κ3) is 4.60. The van der Waals surface area contributed by atoms with Gasteiger partial charge in [0.05, 0.1) is 13.7 Å². The van der Waals surface area contributed by atoms with Crippen LogP contribution in [0.15, 0.2) is 77.6 Å². The van der Waals surface area contributed by atoms with Crippen LogP contribution < -0.4 is 15.6 Å². The number of imide groups is 2. The summed E-state index contributed by atoms with van der Waals surface area (Å²) in [5.41, 5.74) is 0.967. The lowest BCUT2D eigenvalue weighted by Gasteiger charge is -2.47. The molecule has 9 heteroatoms. The number of methoxy groups -OCH3 is 1. The lowest BCUT2D eigenvalue weighted by molar-refractivity contribution is -0.154. The van der Waals surface area contributed by atoms with Crippen LogP contribution in [0.3, 0.4) is 0 Å². The Morgan fingerprint density at radius 1 is 0.900 bits per heavy atom. The molecular formula is C31H32N4O5. The van der Waals surface area contributed by atoms with Gasteiger partial charge in [0.2, 0.25) is 11.8 Å². The molecule has 40 heavy (non-hydrogen) atoms. The summed E-state index contributed by atoms with van der Waals surface area (Å²) < 4.78 is 7.44. The Labute approximate surface area is 232 Å². The number of piperidine rings is 1. The van der Waals surface area contributed by atoms with Crippen molar-refractivity contribution in [1.82, 2.24) is 19.7 Å². The Kier molecular flexibility index (Phi) is 6.75. The fraction of sp³-hybridized carbons (Fsp3) is 0.355. The molecule has 9 nitrogen and oxygen atoms in total. The monoisotopic (exact) mass is 540 g/mol. The maximum atomic E-state index is 14.4. The first kappa shape index (κ1) is 26.0. The van der Waals surface area contributed by atoms with Gasteiger partial charge in [0.15, 0.2) is 0 Å². The zero-order valence-corrected chi connectivity index (χ0v) is 22.4. The number of hydrogen-bond acceptors (Lipinski definition) is 6. The molecule has 2 bridgehead atoms. The van der Waals surface area contributed by atoms with E-state index in [2.05, 4.69) is 10.2 Å². The minimum absolute atomic E-state index is 0.00481. The molecule has 3 aromatic rings. The van der Waals surface area contributed by atoms with Crippen molar-refractivity contribution < 1.29 is 19.1 Å². The van der Waals surface area contributed by atoms with Gasteiger partial charge in [-0.25, -0.2) is 4.79 Å². The summed E-state index contributed by atoms with van der Waals surface area (Å²) >= 11 is 0. The Balaban J connectivity index is 1.37. The fourth-order valence-corrected chi connectivity index (χ4v) is 6.67. The maximum Gasteiger partial charge on any atom is 0.331 e. The van der Waals surface area contributed by atoms with E-state index in [9.17, 15) is 19.2 Å². The Hall–Kier alpha value is -4.24. The van der Waals surface area contributed by atoms with E-state index < -0.39 is 23.3 Å². The van der Waals surface area contributed by atoms with E-state index in [-0.39, 0.29) is 36.9 Å². The summed E-state index contributed by atoms with van der Waals surface area (Å²) in [6.45, 7) is 2.09. The molecule has 6 rings (SSSR count). The van der Waals surface area contributed by atoms with Crippen molar-refractivity contribution in [2.24, 2.45) is 11.3 Å². The summed E-state index contributed by atoms with van der Waals surface area (Å²) in [7, 11) is 1.56. The minimum Gasteiger partial charge on any atom is -0.496 e. The highest BCUT2D eigenvalue weighted by Gasteiger charge is 2.55. The van der Waals surface area contributed by atoms with Gasteiger partial charge in [-0.15, -0.1) is 0 Å². The highest BCUT2D eigenvalue weighted by molar-refractivity contribution is 6.19. The highest BCUT2D eigenvalue weighted by atomic mass is 16.5. The smallest absolute Gasteiger partial charge is 0.331 e. The molecule has 1 aromatic heterocycles. The largest absolute Gasteiger partial charge is 0.496 e. The molecular weight excluding hydrogens is 508 g/mol. The number of carbonyl (C=O) groups is 3.